The molecule has 17 heavy (non-hydrogen) atoms. The van der Waals surface area contributed by atoms with Crippen LogP contribution in [0, 0.1) is 5.92 Å². The molecule has 0 heterocycles. The third-order valence-corrected chi connectivity index (χ3v) is 3.67. The van der Waals surface area contributed by atoms with E-state index in [1.165, 1.54) is 38.8 Å². The summed E-state index contributed by atoms with van der Waals surface area (Å²) in [5.74, 6) is 1.02. The zero-order chi connectivity index (χ0) is 12.9. The van der Waals surface area contributed by atoms with Crippen molar-refractivity contribution < 1.29 is 0 Å². The van der Waals surface area contributed by atoms with Crippen molar-refractivity contribution in [1.29, 1.82) is 0 Å². The number of nitrogens with one attached hydrogen (secondary N) is 1. The molecule has 1 fully saturated rings. The van der Waals surface area contributed by atoms with E-state index in [2.05, 4.69) is 44.8 Å². The van der Waals surface area contributed by atoms with Crippen LogP contribution in [0.1, 0.15) is 60.3 Å². The first-order valence-electron chi connectivity index (χ1n) is 7.41. The Labute approximate surface area is 108 Å². The van der Waals surface area contributed by atoms with Gasteiger partial charge in [0.05, 0.1) is 0 Å². The molecule has 1 N–H and O–H groups in total. The van der Waals surface area contributed by atoms with Crippen molar-refractivity contribution in [3.8, 4) is 0 Å². The van der Waals surface area contributed by atoms with Crippen LogP contribution in [0.5, 0.6) is 0 Å². The van der Waals surface area contributed by atoms with Gasteiger partial charge in [-0.05, 0) is 72.4 Å². The molecule has 0 saturated heterocycles. The fourth-order valence-corrected chi connectivity index (χ4v) is 2.30. The van der Waals surface area contributed by atoms with Crippen LogP contribution in [0.4, 0.5) is 0 Å². The highest BCUT2D eigenvalue weighted by molar-refractivity contribution is 4.79. The summed E-state index contributed by atoms with van der Waals surface area (Å²) >= 11 is 0. The third-order valence-electron chi connectivity index (χ3n) is 3.67. The molecule has 0 bridgehead atoms. The van der Waals surface area contributed by atoms with Gasteiger partial charge in [-0.1, -0.05) is 6.92 Å². The molecule has 0 spiro atoms. The van der Waals surface area contributed by atoms with Gasteiger partial charge in [0.25, 0.3) is 0 Å². The molecule has 1 atom stereocenters. The highest BCUT2D eigenvalue weighted by Crippen LogP contribution is 2.30. The van der Waals surface area contributed by atoms with Gasteiger partial charge in [-0.3, -0.25) is 0 Å². The minimum atomic E-state index is 0.266. The van der Waals surface area contributed by atoms with Crippen LogP contribution in [0.3, 0.4) is 0 Å². The Morgan fingerprint density at radius 3 is 2.41 bits per heavy atom. The molecule has 2 heteroatoms. The summed E-state index contributed by atoms with van der Waals surface area (Å²) in [4.78, 5) is 2.66. The number of hydrogen-bond donors (Lipinski definition) is 1. The van der Waals surface area contributed by atoms with Crippen molar-refractivity contribution in [1.82, 2.24) is 10.2 Å². The number of hydrogen-bond acceptors (Lipinski definition) is 2. The Bertz CT molecular complexity index is 203. The van der Waals surface area contributed by atoms with E-state index in [0.717, 1.165) is 18.5 Å². The maximum absolute atomic E-state index is 3.57. The van der Waals surface area contributed by atoms with Crippen LogP contribution >= 0.6 is 0 Å². The highest BCUT2D eigenvalue weighted by Gasteiger charge is 2.25. The SMILES string of the molecule is CCN(CC1CC1)C(C)CCCNC(C)(C)C. The van der Waals surface area contributed by atoms with Gasteiger partial charge in [0, 0.05) is 18.1 Å². The zero-order valence-electron chi connectivity index (χ0n) is 12.6. The maximum Gasteiger partial charge on any atom is 0.00965 e. The molecule has 1 unspecified atom stereocenters. The molecule has 0 amide bonds. The first-order valence-corrected chi connectivity index (χ1v) is 7.41. The topological polar surface area (TPSA) is 15.3 Å². The van der Waals surface area contributed by atoms with Gasteiger partial charge in [0.2, 0.25) is 0 Å². The monoisotopic (exact) mass is 240 g/mol. The average Bonchev–Trinajstić information content (AvgIpc) is 3.03. The molecule has 0 aromatic heterocycles. The molecule has 1 saturated carbocycles. The standard InChI is InChI=1S/C15H32N2/c1-6-17(12-14-9-10-14)13(2)8-7-11-16-15(3,4)5/h13-14,16H,6-12H2,1-5H3. The second kappa shape index (κ2) is 6.75. The van der Waals surface area contributed by atoms with Gasteiger partial charge < -0.3 is 10.2 Å². The Balaban J connectivity index is 2.11. The fraction of sp³-hybridized carbons (Fsp3) is 1.00. The lowest BCUT2D eigenvalue weighted by Gasteiger charge is -2.28. The Kier molecular flexibility index (Phi) is 5.94. The van der Waals surface area contributed by atoms with Crippen LogP contribution in [-0.2, 0) is 0 Å². The fourth-order valence-electron chi connectivity index (χ4n) is 2.30. The molecule has 0 radical (unpaired) electrons. The summed E-state index contributed by atoms with van der Waals surface area (Å²) in [7, 11) is 0. The minimum absolute atomic E-state index is 0.266. The Morgan fingerprint density at radius 1 is 1.29 bits per heavy atom. The van der Waals surface area contributed by atoms with Crippen molar-refractivity contribution >= 4 is 0 Å². The quantitative estimate of drug-likeness (QED) is 0.655. The van der Waals surface area contributed by atoms with Crippen LogP contribution in [0.15, 0.2) is 0 Å². The minimum Gasteiger partial charge on any atom is -0.312 e. The lowest BCUT2D eigenvalue weighted by atomic mass is 10.1. The molecule has 1 aliphatic carbocycles. The number of rotatable bonds is 8. The van der Waals surface area contributed by atoms with Crippen LogP contribution < -0.4 is 5.32 Å². The molecule has 1 rings (SSSR count). The molecular formula is C15H32N2. The van der Waals surface area contributed by atoms with Crippen molar-refractivity contribution in [2.45, 2.75) is 71.9 Å². The predicted octanol–water partition coefficient (Wildman–Crippen LogP) is 3.28. The zero-order valence-corrected chi connectivity index (χ0v) is 12.6. The van der Waals surface area contributed by atoms with E-state index >= 15 is 0 Å². The maximum atomic E-state index is 3.57. The molecule has 0 aromatic rings. The average molecular weight is 240 g/mol. The molecule has 2 nitrogen and oxygen atoms in total. The van der Waals surface area contributed by atoms with E-state index in [4.69, 9.17) is 0 Å². The summed E-state index contributed by atoms with van der Waals surface area (Å²) in [5.41, 5.74) is 0.266. The summed E-state index contributed by atoms with van der Waals surface area (Å²) in [6.45, 7) is 15.1. The summed E-state index contributed by atoms with van der Waals surface area (Å²) < 4.78 is 0. The highest BCUT2D eigenvalue weighted by atomic mass is 15.1. The van der Waals surface area contributed by atoms with Gasteiger partial charge in [-0.25, -0.2) is 0 Å². The molecular weight excluding hydrogens is 208 g/mol. The smallest absolute Gasteiger partial charge is 0.00965 e. The second-order valence-corrected chi connectivity index (χ2v) is 6.70. The third kappa shape index (κ3) is 7.05. The van der Waals surface area contributed by atoms with Gasteiger partial charge in [-0.2, -0.15) is 0 Å². The van der Waals surface area contributed by atoms with Crippen molar-refractivity contribution in [2.75, 3.05) is 19.6 Å². The summed E-state index contributed by atoms with van der Waals surface area (Å²) in [6, 6.07) is 0.752. The molecule has 0 aromatic carbocycles. The van der Waals surface area contributed by atoms with E-state index in [1.54, 1.807) is 0 Å². The molecule has 102 valence electrons. The second-order valence-electron chi connectivity index (χ2n) is 6.70. The molecule has 0 aliphatic heterocycles. The van der Waals surface area contributed by atoms with Crippen molar-refractivity contribution in [3.05, 3.63) is 0 Å². The van der Waals surface area contributed by atoms with E-state index in [1.807, 2.05) is 0 Å². The van der Waals surface area contributed by atoms with Gasteiger partial charge in [0.15, 0.2) is 0 Å². The lowest BCUT2D eigenvalue weighted by Crippen LogP contribution is -2.38. The van der Waals surface area contributed by atoms with E-state index in [9.17, 15) is 0 Å². The van der Waals surface area contributed by atoms with Crippen LogP contribution in [0.2, 0.25) is 0 Å². The first kappa shape index (κ1) is 15.0. The van der Waals surface area contributed by atoms with Gasteiger partial charge in [0.1, 0.15) is 0 Å². The van der Waals surface area contributed by atoms with E-state index < -0.39 is 0 Å². The predicted molar refractivity (Wildman–Crippen MR) is 76.4 cm³/mol. The van der Waals surface area contributed by atoms with E-state index in [0.29, 0.717) is 0 Å². The lowest BCUT2D eigenvalue weighted by molar-refractivity contribution is 0.197. The van der Waals surface area contributed by atoms with Crippen LogP contribution in [-0.4, -0.2) is 36.1 Å². The van der Waals surface area contributed by atoms with Crippen molar-refractivity contribution in [2.24, 2.45) is 5.92 Å². The van der Waals surface area contributed by atoms with Gasteiger partial charge in [-0.15, -0.1) is 0 Å². The number of nitrogens with zero attached hydrogens (tertiary/aromatic N) is 1. The van der Waals surface area contributed by atoms with E-state index in [-0.39, 0.29) is 5.54 Å². The Hall–Kier alpha value is -0.0800. The Morgan fingerprint density at radius 2 is 1.94 bits per heavy atom. The molecule has 1 aliphatic rings. The summed E-state index contributed by atoms with van der Waals surface area (Å²) in [5, 5.41) is 3.57. The van der Waals surface area contributed by atoms with Crippen molar-refractivity contribution in [3.63, 3.8) is 0 Å². The summed E-state index contributed by atoms with van der Waals surface area (Å²) in [6.07, 6.45) is 5.55. The van der Waals surface area contributed by atoms with Crippen LogP contribution in [0.25, 0.3) is 0 Å². The largest absolute Gasteiger partial charge is 0.312 e. The first-order chi connectivity index (χ1) is 7.92. The van der Waals surface area contributed by atoms with Gasteiger partial charge >= 0.3 is 0 Å². The normalized spacial score (nSPS) is 18.7.